The Morgan fingerprint density at radius 3 is 2.78 bits per heavy atom. The Hall–Kier alpha value is -3.49. The van der Waals surface area contributed by atoms with Gasteiger partial charge in [0.2, 0.25) is 5.89 Å². The number of halogens is 2. The molecule has 0 bridgehead atoms. The number of hydrogen-bond donors (Lipinski definition) is 2. The van der Waals surface area contributed by atoms with Crippen LogP contribution >= 0.6 is 11.6 Å². The van der Waals surface area contributed by atoms with Gasteiger partial charge in [-0.2, -0.15) is 4.98 Å². The van der Waals surface area contributed by atoms with Crippen molar-refractivity contribution in [2.24, 2.45) is 5.73 Å². The van der Waals surface area contributed by atoms with Gasteiger partial charge in [-0.15, -0.1) is 0 Å². The van der Waals surface area contributed by atoms with E-state index in [0.717, 1.165) is 11.3 Å². The Morgan fingerprint density at radius 2 is 2.03 bits per heavy atom. The highest BCUT2D eigenvalue weighted by Gasteiger charge is 2.13. The lowest BCUT2D eigenvalue weighted by Gasteiger charge is -2.13. The topological polar surface area (TPSA) is 112 Å². The maximum atomic E-state index is 10.9. The van der Waals surface area contributed by atoms with E-state index < -0.39 is 5.91 Å². The van der Waals surface area contributed by atoms with Gasteiger partial charge in [0.05, 0.1) is 17.7 Å². The van der Waals surface area contributed by atoms with Crippen LogP contribution in [0.4, 0.5) is 5.69 Å². The molecule has 0 saturated carbocycles. The van der Waals surface area contributed by atoms with Crippen LogP contribution < -0.4 is 32.9 Å². The molecule has 0 aliphatic heterocycles. The zero-order valence-electron chi connectivity index (χ0n) is 17.0. The van der Waals surface area contributed by atoms with Crippen molar-refractivity contribution in [3.63, 3.8) is 0 Å². The number of methoxy groups -OCH3 is 1. The third-order valence-corrected chi connectivity index (χ3v) is 4.79. The summed E-state index contributed by atoms with van der Waals surface area (Å²) in [5.74, 6) is 0.806. The molecular weight excluding hydrogens is 455 g/mol. The first kappa shape index (κ1) is 23.2. The SMILES string of the molecule is COc1cc(CNc2ccc(Cl)c(-c3nc4ncccc4o3)c2)ccc1OCC(N)=O.[Cl-]. The zero-order chi connectivity index (χ0) is 21.8. The van der Waals surface area contributed by atoms with Crippen LogP contribution in [-0.4, -0.2) is 29.6 Å². The lowest BCUT2D eigenvalue weighted by atomic mass is 10.1. The highest BCUT2D eigenvalue weighted by Crippen LogP contribution is 2.32. The van der Waals surface area contributed by atoms with Gasteiger partial charge in [0, 0.05) is 18.4 Å². The van der Waals surface area contributed by atoms with Gasteiger partial charge in [0.15, 0.2) is 29.3 Å². The average Bonchev–Trinajstić information content (AvgIpc) is 3.21. The molecule has 0 radical (unpaired) electrons. The molecule has 2 heterocycles. The number of carbonyl (C=O) groups excluding carboxylic acids is 1. The lowest BCUT2D eigenvalue weighted by Crippen LogP contribution is -3.00. The molecular formula is C22H19Cl2N4O4-. The second-order valence-corrected chi connectivity index (χ2v) is 7.04. The van der Waals surface area contributed by atoms with E-state index in [2.05, 4.69) is 15.3 Å². The van der Waals surface area contributed by atoms with Gasteiger partial charge >= 0.3 is 0 Å². The van der Waals surface area contributed by atoms with Gasteiger partial charge in [0.1, 0.15) is 0 Å². The monoisotopic (exact) mass is 473 g/mol. The maximum Gasteiger partial charge on any atom is 0.255 e. The Morgan fingerprint density at radius 1 is 1.19 bits per heavy atom. The number of pyridine rings is 1. The molecule has 8 nitrogen and oxygen atoms in total. The number of hydrogen-bond acceptors (Lipinski definition) is 7. The van der Waals surface area contributed by atoms with Crippen molar-refractivity contribution in [2.45, 2.75) is 6.54 Å². The number of aromatic nitrogens is 2. The summed E-state index contributed by atoms with van der Waals surface area (Å²) in [6.07, 6.45) is 1.66. The first-order valence-electron chi connectivity index (χ1n) is 9.37. The molecule has 3 N–H and O–H groups in total. The minimum atomic E-state index is -0.555. The quantitative estimate of drug-likeness (QED) is 0.392. The van der Waals surface area contributed by atoms with E-state index in [9.17, 15) is 4.79 Å². The minimum Gasteiger partial charge on any atom is -1.00 e. The average molecular weight is 474 g/mol. The normalized spacial score (nSPS) is 10.4. The van der Waals surface area contributed by atoms with E-state index in [1.807, 2.05) is 24.3 Å². The summed E-state index contributed by atoms with van der Waals surface area (Å²) in [7, 11) is 1.53. The number of anilines is 1. The number of rotatable bonds is 8. The number of ether oxygens (including phenoxy) is 2. The van der Waals surface area contributed by atoms with Crippen LogP contribution in [0.2, 0.25) is 5.02 Å². The molecule has 0 atom stereocenters. The highest BCUT2D eigenvalue weighted by atomic mass is 35.5. The number of amides is 1. The molecule has 0 fully saturated rings. The molecule has 32 heavy (non-hydrogen) atoms. The van der Waals surface area contributed by atoms with Gasteiger partial charge < -0.3 is 37.3 Å². The van der Waals surface area contributed by atoms with Crippen LogP contribution in [0.3, 0.4) is 0 Å². The maximum absolute atomic E-state index is 10.9. The number of nitrogens with zero attached hydrogens (tertiary/aromatic N) is 2. The Labute approximate surface area is 195 Å². The molecule has 0 aliphatic carbocycles. The van der Waals surface area contributed by atoms with Crippen LogP contribution in [-0.2, 0) is 11.3 Å². The van der Waals surface area contributed by atoms with Crippen molar-refractivity contribution in [3.05, 3.63) is 65.3 Å². The summed E-state index contributed by atoms with van der Waals surface area (Å²) in [4.78, 5) is 19.5. The van der Waals surface area contributed by atoms with E-state index in [0.29, 0.717) is 45.8 Å². The van der Waals surface area contributed by atoms with Crippen LogP contribution in [0.15, 0.2) is 59.1 Å². The van der Waals surface area contributed by atoms with Gasteiger partial charge in [-0.3, -0.25) is 4.79 Å². The molecule has 0 spiro atoms. The van der Waals surface area contributed by atoms with Gasteiger partial charge in [-0.25, -0.2) is 4.98 Å². The minimum absolute atomic E-state index is 0. The van der Waals surface area contributed by atoms with Crippen molar-refractivity contribution in [1.82, 2.24) is 9.97 Å². The summed E-state index contributed by atoms with van der Waals surface area (Å²) in [5.41, 5.74) is 8.69. The van der Waals surface area contributed by atoms with Crippen molar-refractivity contribution < 1.29 is 31.1 Å². The van der Waals surface area contributed by atoms with Gasteiger partial charge in [-0.05, 0) is 48.0 Å². The number of carbonyl (C=O) groups is 1. The Balaban J connectivity index is 0.00000289. The number of primary amides is 1. The standard InChI is InChI=1S/C22H19ClN4O4.ClH/c1-29-19-9-13(4-7-17(19)30-12-20(24)28)11-26-14-5-6-16(23)15(10-14)22-27-21-18(31-22)3-2-8-25-21;/h2-10,26H,11-12H2,1H3,(H2,24,28);1H/p-1. The summed E-state index contributed by atoms with van der Waals surface area (Å²) in [5, 5.41) is 3.86. The van der Waals surface area contributed by atoms with Crippen LogP contribution in [0.1, 0.15) is 5.56 Å². The molecule has 10 heteroatoms. The van der Waals surface area contributed by atoms with E-state index in [1.54, 1.807) is 30.5 Å². The van der Waals surface area contributed by atoms with Crippen LogP contribution in [0, 0.1) is 0 Å². The third kappa shape index (κ3) is 5.22. The number of oxazole rings is 1. The fourth-order valence-electron chi connectivity index (χ4n) is 2.98. The van der Waals surface area contributed by atoms with Crippen LogP contribution in [0.25, 0.3) is 22.7 Å². The first-order valence-corrected chi connectivity index (χ1v) is 9.74. The predicted molar refractivity (Wildman–Crippen MR) is 117 cm³/mol. The van der Waals surface area contributed by atoms with Crippen LogP contribution in [0.5, 0.6) is 11.5 Å². The lowest BCUT2D eigenvalue weighted by molar-refractivity contribution is -0.119. The Kier molecular flexibility index (Phi) is 7.40. The molecule has 1 amide bonds. The fourth-order valence-corrected chi connectivity index (χ4v) is 3.18. The summed E-state index contributed by atoms with van der Waals surface area (Å²) < 4.78 is 16.5. The molecule has 0 aliphatic rings. The zero-order valence-corrected chi connectivity index (χ0v) is 18.5. The third-order valence-electron chi connectivity index (χ3n) is 4.46. The van der Waals surface area contributed by atoms with Gasteiger partial charge in [-0.1, -0.05) is 17.7 Å². The fraction of sp³-hybridized carbons (Fsp3) is 0.136. The number of fused-ring (bicyclic) bond motifs is 1. The second-order valence-electron chi connectivity index (χ2n) is 6.63. The molecule has 2 aromatic heterocycles. The first-order chi connectivity index (χ1) is 15.0. The molecule has 0 unspecified atom stereocenters. The highest BCUT2D eigenvalue weighted by molar-refractivity contribution is 6.33. The van der Waals surface area contributed by atoms with Crippen molar-refractivity contribution in [2.75, 3.05) is 19.0 Å². The summed E-state index contributed by atoms with van der Waals surface area (Å²) >= 11 is 6.37. The molecule has 4 aromatic rings. The molecule has 2 aromatic carbocycles. The van der Waals surface area contributed by atoms with E-state index >= 15 is 0 Å². The smallest absolute Gasteiger partial charge is 0.255 e. The molecule has 166 valence electrons. The molecule has 0 saturated heterocycles. The largest absolute Gasteiger partial charge is 1.00 e. The summed E-state index contributed by atoms with van der Waals surface area (Å²) in [6.45, 7) is 0.301. The molecule has 4 rings (SSSR count). The Bertz CT molecular complexity index is 1210. The van der Waals surface area contributed by atoms with E-state index in [4.69, 9.17) is 31.2 Å². The van der Waals surface area contributed by atoms with E-state index in [1.165, 1.54) is 7.11 Å². The van der Waals surface area contributed by atoms with Gasteiger partial charge in [0.25, 0.3) is 5.91 Å². The predicted octanol–water partition coefficient (Wildman–Crippen LogP) is 1.03. The number of nitrogens with one attached hydrogen (secondary N) is 1. The second kappa shape index (κ2) is 10.2. The van der Waals surface area contributed by atoms with E-state index in [-0.39, 0.29) is 19.0 Å². The summed E-state index contributed by atoms with van der Waals surface area (Å²) in [6, 6.07) is 14.5. The van der Waals surface area contributed by atoms with Crippen molar-refractivity contribution >= 4 is 34.4 Å². The van der Waals surface area contributed by atoms with Crippen molar-refractivity contribution in [3.8, 4) is 23.0 Å². The number of benzene rings is 2. The van der Waals surface area contributed by atoms with Crippen molar-refractivity contribution in [1.29, 1.82) is 0 Å². The number of nitrogens with two attached hydrogens (primary N) is 1.